The summed E-state index contributed by atoms with van der Waals surface area (Å²) in [6.45, 7) is 5.31. The van der Waals surface area contributed by atoms with E-state index < -0.39 is 0 Å². The van der Waals surface area contributed by atoms with Crippen LogP contribution in [0.3, 0.4) is 0 Å². The number of thiazole rings is 1. The van der Waals surface area contributed by atoms with Crippen molar-refractivity contribution in [3.05, 3.63) is 64.1 Å². The fraction of sp³-hybridized carbons (Fsp3) is 0.292. The molecule has 33 heavy (non-hydrogen) atoms. The first kappa shape index (κ1) is 21.7. The summed E-state index contributed by atoms with van der Waals surface area (Å²) in [5.41, 5.74) is 2.61. The molecule has 1 spiro atoms. The maximum absolute atomic E-state index is 13.2. The maximum Gasteiger partial charge on any atom is 0.328 e. The van der Waals surface area contributed by atoms with Crippen LogP contribution in [0.15, 0.2) is 48.7 Å². The molecule has 5 rings (SSSR count). The van der Waals surface area contributed by atoms with Crippen LogP contribution in [0.25, 0.3) is 0 Å². The Morgan fingerprint density at radius 3 is 2.70 bits per heavy atom. The molecule has 1 N–H and O–H groups in total. The fourth-order valence-corrected chi connectivity index (χ4v) is 5.47. The van der Waals surface area contributed by atoms with Gasteiger partial charge in [0.2, 0.25) is 5.91 Å². The molecule has 1 saturated heterocycles. The van der Waals surface area contributed by atoms with Crippen molar-refractivity contribution in [2.75, 3.05) is 29.9 Å². The third kappa shape index (κ3) is 4.16. The van der Waals surface area contributed by atoms with Gasteiger partial charge in [0.1, 0.15) is 15.8 Å². The highest BCUT2D eigenvalue weighted by Gasteiger charge is 2.49. The van der Waals surface area contributed by atoms with Crippen molar-refractivity contribution >= 4 is 45.7 Å². The van der Waals surface area contributed by atoms with E-state index in [9.17, 15) is 9.59 Å². The molecule has 170 valence electrons. The van der Waals surface area contributed by atoms with E-state index in [0.29, 0.717) is 34.9 Å². The lowest BCUT2D eigenvalue weighted by Crippen LogP contribution is -2.41. The van der Waals surface area contributed by atoms with Crippen LogP contribution in [-0.2, 0) is 10.2 Å². The number of ether oxygens (including phenoxy) is 1. The van der Waals surface area contributed by atoms with E-state index in [2.05, 4.69) is 10.3 Å². The van der Waals surface area contributed by atoms with Gasteiger partial charge in [-0.25, -0.2) is 9.78 Å². The third-order valence-electron chi connectivity index (χ3n) is 6.25. The molecule has 3 amide bonds. The van der Waals surface area contributed by atoms with Crippen LogP contribution in [0.2, 0.25) is 4.34 Å². The van der Waals surface area contributed by atoms with E-state index in [1.54, 1.807) is 11.8 Å². The molecule has 2 aromatic carbocycles. The monoisotopic (exact) mass is 482 g/mol. The van der Waals surface area contributed by atoms with Gasteiger partial charge >= 0.3 is 6.03 Å². The number of anilines is 2. The van der Waals surface area contributed by atoms with E-state index in [-0.39, 0.29) is 17.4 Å². The second-order valence-electron chi connectivity index (χ2n) is 8.55. The molecule has 3 heterocycles. The smallest absolute Gasteiger partial charge is 0.328 e. The SMILES string of the molecule is CC(=O)N1CCC2(C1)CN(C(=O)Nc1ncc(Cl)s1)c1ccc(Oc3cccc(C)c3)cc12. The maximum atomic E-state index is 13.2. The number of carbonyl (C=O) groups is 2. The zero-order chi connectivity index (χ0) is 23.2. The van der Waals surface area contributed by atoms with Crippen molar-refractivity contribution in [3.8, 4) is 11.5 Å². The summed E-state index contributed by atoms with van der Waals surface area (Å²) in [6.07, 6.45) is 2.29. The minimum atomic E-state index is -0.342. The van der Waals surface area contributed by atoms with Gasteiger partial charge in [-0.3, -0.25) is 15.0 Å². The zero-order valence-electron chi connectivity index (χ0n) is 18.3. The number of amides is 3. The second-order valence-corrected chi connectivity index (χ2v) is 10.2. The lowest BCUT2D eigenvalue weighted by molar-refractivity contribution is -0.127. The molecule has 7 nitrogen and oxygen atoms in total. The van der Waals surface area contributed by atoms with Gasteiger partial charge in [-0.05, 0) is 54.8 Å². The zero-order valence-corrected chi connectivity index (χ0v) is 19.9. The number of hydrogen-bond donors (Lipinski definition) is 1. The summed E-state index contributed by atoms with van der Waals surface area (Å²) in [5, 5.41) is 3.29. The third-order valence-corrected chi connectivity index (χ3v) is 7.28. The minimum Gasteiger partial charge on any atom is -0.457 e. The number of aryl methyl sites for hydroxylation is 1. The predicted octanol–water partition coefficient (Wildman–Crippen LogP) is 5.44. The van der Waals surface area contributed by atoms with Gasteiger partial charge in [0, 0.05) is 37.7 Å². The standard InChI is InChI=1S/C24H23ClN4O3S/c1-15-4-3-5-17(10-15)32-18-6-7-20-19(11-18)24(8-9-28(13-24)16(2)30)14-29(20)23(31)27-22-26-12-21(25)33-22/h3-7,10-12H,8-9,13-14H2,1-2H3,(H,26,27,31). The molecule has 0 radical (unpaired) electrons. The molecule has 2 aliphatic heterocycles. The van der Waals surface area contributed by atoms with Crippen LogP contribution >= 0.6 is 22.9 Å². The van der Waals surface area contributed by atoms with Crippen LogP contribution in [0.4, 0.5) is 15.6 Å². The lowest BCUT2D eigenvalue weighted by Gasteiger charge is -2.25. The van der Waals surface area contributed by atoms with Crippen molar-refractivity contribution in [1.29, 1.82) is 0 Å². The van der Waals surface area contributed by atoms with Crippen LogP contribution in [0.5, 0.6) is 11.5 Å². The van der Waals surface area contributed by atoms with Crippen molar-refractivity contribution in [3.63, 3.8) is 0 Å². The number of benzene rings is 2. The van der Waals surface area contributed by atoms with E-state index in [0.717, 1.165) is 29.0 Å². The second kappa shape index (κ2) is 8.35. The van der Waals surface area contributed by atoms with Crippen LogP contribution in [0.1, 0.15) is 24.5 Å². The Hall–Kier alpha value is -3.10. The number of hydrogen-bond acceptors (Lipinski definition) is 5. The largest absolute Gasteiger partial charge is 0.457 e. The van der Waals surface area contributed by atoms with Gasteiger partial charge < -0.3 is 9.64 Å². The molecule has 0 aliphatic carbocycles. The number of aromatic nitrogens is 1. The van der Waals surface area contributed by atoms with Gasteiger partial charge in [-0.1, -0.05) is 35.1 Å². The van der Waals surface area contributed by atoms with Gasteiger partial charge in [-0.15, -0.1) is 0 Å². The average Bonchev–Trinajstić information content (AvgIpc) is 3.47. The number of nitrogens with one attached hydrogen (secondary N) is 1. The Balaban J connectivity index is 1.48. The quantitative estimate of drug-likeness (QED) is 0.539. The number of urea groups is 1. The molecule has 1 fully saturated rings. The topological polar surface area (TPSA) is 74.8 Å². The van der Waals surface area contributed by atoms with E-state index in [1.165, 1.54) is 17.5 Å². The van der Waals surface area contributed by atoms with Crippen LogP contribution in [-0.4, -0.2) is 41.5 Å². The Labute approximate surface area is 200 Å². The molecule has 3 aromatic rings. The van der Waals surface area contributed by atoms with Crippen LogP contribution in [0, 0.1) is 6.92 Å². The first-order valence-electron chi connectivity index (χ1n) is 10.7. The summed E-state index contributed by atoms with van der Waals surface area (Å²) in [6, 6.07) is 13.4. The highest BCUT2D eigenvalue weighted by molar-refractivity contribution is 7.19. The van der Waals surface area contributed by atoms with Gasteiger partial charge in [-0.2, -0.15) is 0 Å². The summed E-state index contributed by atoms with van der Waals surface area (Å²) in [4.78, 5) is 33.0. The molecule has 9 heteroatoms. The summed E-state index contributed by atoms with van der Waals surface area (Å²) >= 11 is 7.17. The van der Waals surface area contributed by atoms with E-state index in [1.807, 2.05) is 54.3 Å². The minimum absolute atomic E-state index is 0.0425. The number of carbonyl (C=O) groups excluding carboxylic acids is 2. The van der Waals surface area contributed by atoms with E-state index >= 15 is 0 Å². The van der Waals surface area contributed by atoms with Gasteiger partial charge in [0.05, 0.1) is 6.20 Å². The number of rotatable bonds is 3. The number of likely N-dealkylation sites (tertiary alicyclic amines) is 1. The lowest BCUT2D eigenvalue weighted by atomic mass is 9.81. The first-order chi connectivity index (χ1) is 15.8. The molecular weight excluding hydrogens is 460 g/mol. The van der Waals surface area contributed by atoms with Gasteiger partial charge in [0.15, 0.2) is 5.13 Å². The average molecular weight is 483 g/mol. The summed E-state index contributed by atoms with van der Waals surface area (Å²) in [5.74, 6) is 1.50. The summed E-state index contributed by atoms with van der Waals surface area (Å²) < 4.78 is 6.64. The Bertz CT molecular complexity index is 1250. The van der Waals surface area contributed by atoms with Crippen molar-refractivity contribution in [2.45, 2.75) is 25.7 Å². The Morgan fingerprint density at radius 1 is 1.18 bits per heavy atom. The number of halogens is 1. The number of fused-ring (bicyclic) bond motifs is 2. The van der Waals surface area contributed by atoms with E-state index in [4.69, 9.17) is 16.3 Å². The normalized spacial score (nSPS) is 19.1. The Kier molecular flexibility index (Phi) is 5.50. The van der Waals surface area contributed by atoms with Crippen LogP contribution < -0.4 is 15.0 Å². The van der Waals surface area contributed by atoms with Crippen molar-refractivity contribution in [1.82, 2.24) is 9.88 Å². The highest BCUT2D eigenvalue weighted by atomic mass is 35.5. The molecule has 1 atom stereocenters. The van der Waals surface area contributed by atoms with Crippen molar-refractivity contribution in [2.24, 2.45) is 0 Å². The molecule has 2 aliphatic rings. The molecule has 1 unspecified atom stereocenters. The summed E-state index contributed by atoms with van der Waals surface area (Å²) in [7, 11) is 0. The van der Waals surface area contributed by atoms with Crippen molar-refractivity contribution < 1.29 is 14.3 Å². The number of nitrogens with zero attached hydrogens (tertiary/aromatic N) is 3. The van der Waals surface area contributed by atoms with Gasteiger partial charge in [0.25, 0.3) is 0 Å². The molecule has 0 bridgehead atoms. The molecular formula is C24H23ClN4O3S. The first-order valence-corrected chi connectivity index (χ1v) is 11.9. The highest BCUT2D eigenvalue weighted by Crippen LogP contribution is 2.48. The fourth-order valence-electron chi connectivity index (χ4n) is 4.67. The molecule has 0 saturated carbocycles. The predicted molar refractivity (Wildman–Crippen MR) is 130 cm³/mol. The Morgan fingerprint density at radius 2 is 2.00 bits per heavy atom. The molecule has 1 aromatic heterocycles.